The number of anilines is 1. The summed E-state index contributed by atoms with van der Waals surface area (Å²) in [7, 11) is -2.63. The summed E-state index contributed by atoms with van der Waals surface area (Å²) in [5.41, 5.74) is 8.48. The first-order valence-corrected chi connectivity index (χ1v) is 9.46. The van der Waals surface area contributed by atoms with Crippen LogP contribution in [0.15, 0.2) is 39.1 Å². The highest BCUT2D eigenvalue weighted by atomic mass is 32.2. The van der Waals surface area contributed by atoms with Crippen molar-refractivity contribution < 1.29 is 32.8 Å². The monoisotopic (exact) mass is 432 g/mol. The first kappa shape index (κ1) is 25.9. The summed E-state index contributed by atoms with van der Waals surface area (Å²) in [6.07, 6.45) is 0.0548. The molecule has 0 heterocycles. The Balaban J connectivity index is 0.000000614. The quantitative estimate of drug-likeness (QED) is 0.0830. The Bertz CT molecular complexity index is 780. The zero-order chi connectivity index (χ0) is 22.3. The van der Waals surface area contributed by atoms with Crippen molar-refractivity contribution in [2.45, 2.75) is 17.7 Å². The van der Waals surface area contributed by atoms with Gasteiger partial charge in [0.2, 0.25) is 5.96 Å². The van der Waals surface area contributed by atoms with Gasteiger partial charge in [-0.25, -0.2) is 4.99 Å². The molecule has 7 N–H and O–H groups in total. The van der Waals surface area contributed by atoms with E-state index in [1.807, 2.05) is 0 Å². The van der Waals surface area contributed by atoms with E-state index in [0.29, 0.717) is 18.8 Å². The van der Waals surface area contributed by atoms with E-state index in [-0.39, 0.29) is 23.7 Å². The molecule has 0 saturated heterocycles. The number of rotatable bonds is 10. The van der Waals surface area contributed by atoms with Crippen molar-refractivity contribution in [3.05, 3.63) is 24.3 Å². The van der Waals surface area contributed by atoms with Crippen LogP contribution in [-0.4, -0.2) is 67.9 Å². The van der Waals surface area contributed by atoms with E-state index in [9.17, 15) is 18.0 Å². The van der Waals surface area contributed by atoms with Crippen LogP contribution in [0, 0.1) is 0 Å². The van der Waals surface area contributed by atoms with E-state index in [1.54, 1.807) is 7.05 Å². The van der Waals surface area contributed by atoms with Crippen molar-refractivity contribution in [3.63, 3.8) is 0 Å². The summed E-state index contributed by atoms with van der Waals surface area (Å²) in [5, 5.41) is 19.0. The Kier molecular flexibility index (Phi) is 12.5. The first-order valence-electron chi connectivity index (χ1n) is 8.02. The smallest absolute Gasteiger partial charge is 0.304 e. The van der Waals surface area contributed by atoms with Crippen molar-refractivity contribution >= 4 is 40.4 Å². The number of carboxylic acid groups (broad SMARTS) is 2. The summed E-state index contributed by atoms with van der Waals surface area (Å²) in [4.78, 5) is 27.0. The SMILES string of the molecule is C=NC(=NC)NNNc1ccc(S(=O)(=O)O)cc1.O=C(O)CCNCCC(=O)O. The summed E-state index contributed by atoms with van der Waals surface area (Å²) in [6.45, 7) is 3.93. The number of nitrogens with one attached hydrogen (secondary N) is 4. The van der Waals surface area contributed by atoms with Gasteiger partial charge in [-0.2, -0.15) is 8.42 Å². The number of hydrogen-bond donors (Lipinski definition) is 7. The molecule has 13 nitrogen and oxygen atoms in total. The number of aliphatic carboxylic acids is 2. The molecule has 162 valence electrons. The molecule has 0 bridgehead atoms. The number of aliphatic imine (C=N–C) groups is 2. The number of hydrazine groups is 2. The molecular formula is C15H24N6O7S. The molecule has 1 aromatic rings. The van der Waals surface area contributed by atoms with Crippen molar-refractivity contribution in [1.82, 2.24) is 16.3 Å². The highest BCUT2D eigenvalue weighted by Crippen LogP contribution is 2.12. The van der Waals surface area contributed by atoms with E-state index in [0.717, 1.165) is 0 Å². The van der Waals surface area contributed by atoms with Crippen LogP contribution in [0.4, 0.5) is 5.69 Å². The van der Waals surface area contributed by atoms with E-state index in [4.69, 9.17) is 14.8 Å². The minimum absolute atomic E-state index is 0.0274. The Morgan fingerprint density at radius 2 is 1.59 bits per heavy atom. The van der Waals surface area contributed by atoms with Gasteiger partial charge >= 0.3 is 11.9 Å². The van der Waals surface area contributed by atoms with Gasteiger partial charge in [0.25, 0.3) is 10.1 Å². The van der Waals surface area contributed by atoms with Crippen LogP contribution in [0.1, 0.15) is 12.8 Å². The van der Waals surface area contributed by atoms with Crippen LogP contribution in [0.25, 0.3) is 0 Å². The van der Waals surface area contributed by atoms with Gasteiger partial charge < -0.3 is 21.0 Å². The fraction of sp³-hybridized carbons (Fsp3) is 0.333. The molecule has 0 unspecified atom stereocenters. The normalized spacial score (nSPS) is 11.0. The second-order valence-corrected chi connectivity index (χ2v) is 6.54. The lowest BCUT2D eigenvalue weighted by Crippen LogP contribution is -2.40. The third-order valence-corrected chi connectivity index (χ3v) is 3.79. The van der Waals surface area contributed by atoms with Gasteiger partial charge in [-0.15, -0.1) is 5.53 Å². The Labute approximate surface area is 167 Å². The molecule has 0 spiro atoms. The predicted molar refractivity (Wildman–Crippen MR) is 106 cm³/mol. The third-order valence-electron chi connectivity index (χ3n) is 2.93. The Morgan fingerprint density at radius 1 is 1.07 bits per heavy atom. The van der Waals surface area contributed by atoms with Crippen LogP contribution in [0.5, 0.6) is 0 Å². The van der Waals surface area contributed by atoms with E-state index >= 15 is 0 Å². The van der Waals surface area contributed by atoms with Crippen molar-refractivity contribution in [2.24, 2.45) is 9.98 Å². The molecule has 0 aliphatic heterocycles. The van der Waals surface area contributed by atoms with Crippen LogP contribution in [-0.2, 0) is 19.7 Å². The van der Waals surface area contributed by atoms with Gasteiger partial charge in [0.05, 0.1) is 23.4 Å². The maximum Gasteiger partial charge on any atom is 0.304 e. The van der Waals surface area contributed by atoms with Gasteiger partial charge in [-0.3, -0.25) is 24.6 Å². The molecule has 0 fully saturated rings. The van der Waals surface area contributed by atoms with E-state index in [2.05, 4.69) is 38.4 Å². The minimum Gasteiger partial charge on any atom is -0.481 e. The average Bonchev–Trinajstić information content (AvgIpc) is 2.65. The number of guanidine groups is 1. The Hall–Kier alpha value is -3.07. The fourth-order valence-corrected chi connectivity index (χ4v) is 2.03. The molecule has 0 aromatic heterocycles. The van der Waals surface area contributed by atoms with Gasteiger partial charge in [-0.05, 0) is 31.0 Å². The lowest BCUT2D eigenvalue weighted by atomic mass is 10.3. The maximum atomic E-state index is 10.8. The molecule has 29 heavy (non-hydrogen) atoms. The van der Waals surface area contributed by atoms with E-state index < -0.39 is 22.1 Å². The van der Waals surface area contributed by atoms with E-state index in [1.165, 1.54) is 24.3 Å². The first-order chi connectivity index (χ1) is 13.6. The zero-order valence-electron chi connectivity index (χ0n) is 15.6. The molecule has 14 heteroatoms. The number of carbonyl (C=O) groups is 2. The molecule has 0 radical (unpaired) electrons. The molecule has 1 rings (SSSR count). The highest BCUT2D eigenvalue weighted by molar-refractivity contribution is 7.85. The number of benzene rings is 1. The number of carboxylic acids is 2. The van der Waals surface area contributed by atoms with Crippen LogP contribution >= 0.6 is 0 Å². The van der Waals surface area contributed by atoms with Gasteiger partial charge in [0.15, 0.2) is 0 Å². The highest BCUT2D eigenvalue weighted by Gasteiger charge is 2.08. The molecule has 0 amide bonds. The lowest BCUT2D eigenvalue weighted by molar-refractivity contribution is -0.137. The number of nitrogens with zero attached hydrogens (tertiary/aromatic N) is 2. The summed E-state index contributed by atoms with van der Waals surface area (Å²) >= 11 is 0. The molecule has 0 saturated carbocycles. The standard InChI is InChI=1S/C9H13N5O3S.C6H11NO4/c1-10-9(11-2)13-14-12-7-3-5-8(6-4-7)18(15,16)17;8-5(9)1-3-7-4-2-6(10)11/h3-6,12,14H,1H2,2H3,(H,11,13)(H,15,16,17);7H,1-4H2,(H,8,9)(H,10,11). The molecule has 0 atom stereocenters. The Morgan fingerprint density at radius 3 is 1.97 bits per heavy atom. The summed E-state index contributed by atoms with van der Waals surface area (Å²) in [5.74, 6) is -1.47. The molecule has 0 aliphatic carbocycles. The predicted octanol–water partition coefficient (Wildman–Crippen LogP) is -0.434. The van der Waals surface area contributed by atoms with Gasteiger partial charge in [-0.1, -0.05) is 0 Å². The van der Waals surface area contributed by atoms with Crippen molar-refractivity contribution in [2.75, 3.05) is 25.6 Å². The maximum absolute atomic E-state index is 10.8. The third kappa shape index (κ3) is 13.7. The van der Waals surface area contributed by atoms with Crippen LogP contribution in [0.3, 0.4) is 0 Å². The number of hydrogen-bond acceptors (Lipinski definition) is 8. The largest absolute Gasteiger partial charge is 0.481 e. The summed E-state index contributed by atoms with van der Waals surface area (Å²) in [6, 6.07) is 5.48. The molecule has 1 aromatic carbocycles. The fourth-order valence-electron chi connectivity index (χ4n) is 1.55. The average molecular weight is 432 g/mol. The molecule has 0 aliphatic rings. The van der Waals surface area contributed by atoms with Crippen LogP contribution < -0.4 is 21.7 Å². The minimum atomic E-state index is -4.17. The molecular weight excluding hydrogens is 408 g/mol. The van der Waals surface area contributed by atoms with Gasteiger partial charge in [0, 0.05) is 20.1 Å². The second-order valence-electron chi connectivity index (χ2n) is 5.12. The lowest BCUT2D eigenvalue weighted by Gasteiger charge is -2.09. The zero-order valence-corrected chi connectivity index (χ0v) is 16.4. The van der Waals surface area contributed by atoms with Crippen molar-refractivity contribution in [1.29, 1.82) is 0 Å². The van der Waals surface area contributed by atoms with Gasteiger partial charge in [0.1, 0.15) is 0 Å². The van der Waals surface area contributed by atoms with Crippen LogP contribution in [0.2, 0.25) is 0 Å². The second kappa shape index (κ2) is 14.0. The topological polar surface area (TPSA) is 202 Å². The van der Waals surface area contributed by atoms with Crippen molar-refractivity contribution in [3.8, 4) is 0 Å². The summed E-state index contributed by atoms with van der Waals surface area (Å²) < 4.78 is 30.4.